The van der Waals surface area contributed by atoms with Crippen LogP contribution in [0.1, 0.15) is 43.0 Å². The van der Waals surface area contributed by atoms with Crippen LogP contribution in [0.5, 0.6) is 5.75 Å². The van der Waals surface area contributed by atoms with Crippen molar-refractivity contribution < 1.29 is 9.53 Å². The van der Waals surface area contributed by atoms with E-state index in [1.165, 1.54) is 32.4 Å². The first-order chi connectivity index (χ1) is 10.6. The number of hydrogen-bond acceptors (Lipinski definition) is 3. The van der Waals surface area contributed by atoms with Gasteiger partial charge in [-0.1, -0.05) is 13.3 Å². The standard InChI is InChI=1S/C18H26N2O2/c1-18-9-2-4-15(18)12-20(13-18)10-3-11-22-16-7-5-14(6-8-16)17(19)21/h5-8,15H,2-4,9-13H2,1H3,(H2,19,21). The average Bonchev–Trinajstić information content (AvgIpc) is 2.98. The van der Waals surface area contributed by atoms with Crippen molar-refractivity contribution in [3.63, 3.8) is 0 Å². The van der Waals surface area contributed by atoms with Crippen LogP contribution in [0, 0.1) is 11.3 Å². The van der Waals surface area contributed by atoms with E-state index in [9.17, 15) is 4.79 Å². The van der Waals surface area contributed by atoms with E-state index in [-0.39, 0.29) is 0 Å². The monoisotopic (exact) mass is 302 g/mol. The lowest BCUT2D eigenvalue weighted by Crippen LogP contribution is -2.26. The highest BCUT2D eigenvalue weighted by Crippen LogP contribution is 2.48. The lowest BCUT2D eigenvalue weighted by Gasteiger charge is -2.23. The van der Waals surface area contributed by atoms with Crippen LogP contribution in [0.4, 0.5) is 0 Å². The Bertz CT molecular complexity index is 528. The van der Waals surface area contributed by atoms with Crippen LogP contribution >= 0.6 is 0 Å². The Balaban J connectivity index is 1.38. The minimum absolute atomic E-state index is 0.403. The molecule has 1 saturated heterocycles. The predicted molar refractivity (Wildman–Crippen MR) is 87.0 cm³/mol. The molecule has 2 atom stereocenters. The molecule has 4 heteroatoms. The molecule has 1 aliphatic heterocycles. The molecule has 1 amide bonds. The second-order valence-corrected chi connectivity index (χ2v) is 7.07. The van der Waals surface area contributed by atoms with Gasteiger partial charge in [0.2, 0.25) is 5.91 Å². The molecule has 1 heterocycles. The van der Waals surface area contributed by atoms with Crippen LogP contribution in [0.2, 0.25) is 0 Å². The number of benzene rings is 1. The van der Waals surface area contributed by atoms with Gasteiger partial charge < -0.3 is 15.4 Å². The first kappa shape index (κ1) is 15.3. The molecule has 0 aromatic heterocycles. The van der Waals surface area contributed by atoms with Crippen LogP contribution in [0.15, 0.2) is 24.3 Å². The maximum atomic E-state index is 11.0. The number of fused-ring (bicyclic) bond motifs is 1. The number of amides is 1. The molecule has 120 valence electrons. The summed E-state index contributed by atoms with van der Waals surface area (Å²) >= 11 is 0. The van der Waals surface area contributed by atoms with E-state index in [1.54, 1.807) is 24.3 Å². The molecule has 2 fully saturated rings. The van der Waals surface area contributed by atoms with Crippen LogP contribution in [0.25, 0.3) is 0 Å². The fraction of sp³-hybridized carbons (Fsp3) is 0.611. The molecular weight excluding hydrogens is 276 g/mol. The zero-order chi connectivity index (χ0) is 15.6. The molecule has 2 aliphatic rings. The summed E-state index contributed by atoms with van der Waals surface area (Å²) in [4.78, 5) is 13.6. The average molecular weight is 302 g/mol. The second kappa shape index (κ2) is 6.29. The maximum Gasteiger partial charge on any atom is 0.248 e. The first-order valence-corrected chi connectivity index (χ1v) is 8.32. The van der Waals surface area contributed by atoms with E-state index < -0.39 is 5.91 Å². The van der Waals surface area contributed by atoms with Crippen molar-refractivity contribution in [3.8, 4) is 5.75 Å². The molecule has 4 nitrogen and oxygen atoms in total. The summed E-state index contributed by atoms with van der Waals surface area (Å²) in [5.41, 5.74) is 6.31. The molecule has 1 aromatic carbocycles. The summed E-state index contributed by atoms with van der Waals surface area (Å²) in [7, 11) is 0. The van der Waals surface area contributed by atoms with Crippen molar-refractivity contribution in [2.45, 2.75) is 32.6 Å². The van der Waals surface area contributed by atoms with Gasteiger partial charge in [-0.2, -0.15) is 0 Å². The third-order valence-corrected chi connectivity index (χ3v) is 5.38. The second-order valence-electron chi connectivity index (χ2n) is 7.07. The summed E-state index contributed by atoms with van der Waals surface area (Å²) in [5, 5.41) is 0. The summed E-state index contributed by atoms with van der Waals surface area (Å²) in [5.74, 6) is 1.31. The number of rotatable bonds is 6. The van der Waals surface area contributed by atoms with Crippen molar-refractivity contribution in [1.29, 1.82) is 0 Å². The Labute approximate surface area is 132 Å². The highest BCUT2D eigenvalue weighted by molar-refractivity contribution is 5.92. The van der Waals surface area contributed by atoms with Crippen molar-refractivity contribution in [2.24, 2.45) is 17.1 Å². The topological polar surface area (TPSA) is 55.6 Å². The Kier molecular flexibility index (Phi) is 4.39. The summed E-state index contributed by atoms with van der Waals surface area (Å²) < 4.78 is 5.74. The maximum absolute atomic E-state index is 11.0. The number of hydrogen-bond donors (Lipinski definition) is 1. The number of likely N-dealkylation sites (tertiary alicyclic amines) is 1. The van der Waals surface area contributed by atoms with E-state index in [0.29, 0.717) is 17.6 Å². The number of carbonyl (C=O) groups is 1. The third kappa shape index (κ3) is 3.27. The summed E-state index contributed by atoms with van der Waals surface area (Å²) in [6, 6.07) is 7.03. The number of nitrogens with zero attached hydrogens (tertiary/aromatic N) is 1. The van der Waals surface area contributed by atoms with Crippen LogP contribution in [-0.4, -0.2) is 37.0 Å². The Morgan fingerprint density at radius 2 is 2.18 bits per heavy atom. The van der Waals surface area contributed by atoms with Gasteiger partial charge >= 0.3 is 0 Å². The van der Waals surface area contributed by atoms with E-state index >= 15 is 0 Å². The minimum Gasteiger partial charge on any atom is -0.494 e. The number of nitrogens with two attached hydrogens (primary N) is 1. The van der Waals surface area contributed by atoms with Gasteiger partial charge in [-0.3, -0.25) is 4.79 Å². The first-order valence-electron chi connectivity index (χ1n) is 8.32. The Morgan fingerprint density at radius 3 is 2.86 bits per heavy atom. The fourth-order valence-corrected chi connectivity index (χ4v) is 4.08. The van der Waals surface area contributed by atoms with E-state index in [0.717, 1.165) is 24.6 Å². The highest BCUT2D eigenvalue weighted by atomic mass is 16.5. The largest absolute Gasteiger partial charge is 0.494 e. The molecule has 3 rings (SSSR count). The molecule has 1 aliphatic carbocycles. The highest BCUT2D eigenvalue weighted by Gasteiger charge is 2.45. The normalized spacial score (nSPS) is 27.8. The van der Waals surface area contributed by atoms with Crippen LogP contribution < -0.4 is 10.5 Å². The predicted octanol–water partition coefficient (Wildman–Crippen LogP) is 2.68. The van der Waals surface area contributed by atoms with Gasteiger partial charge in [-0.15, -0.1) is 0 Å². The molecular formula is C18H26N2O2. The molecule has 1 aromatic rings. The SMILES string of the molecule is CC12CCCC1CN(CCCOc1ccc(C(N)=O)cc1)C2. The van der Waals surface area contributed by atoms with Gasteiger partial charge in [-0.05, 0) is 54.9 Å². The van der Waals surface area contributed by atoms with Crippen molar-refractivity contribution >= 4 is 5.91 Å². The van der Waals surface area contributed by atoms with Gasteiger partial charge in [0.1, 0.15) is 5.75 Å². The minimum atomic E-state index is -0.403. The van der Waals surface area contributed by atoms with Crippen molar-refractivity contribution in [1.82, 2.24) is 4.90 Å². The molecule has 0 radical (unpaired) electrons. The molecule has 0 spiro atoms. The molecule has 0 bridgehead atoms. The van der Waals surface area contributed by atoms with Gasteiger partial charge in [0, 0.05) is 25.2 Å². The number of carbonyl (C=O) groups excluding carboxylic acids is 1. The molecule has 1 saturated carbocycles. The van der Waals surface area contributed by atoms with Crippen molar-refractivity contribution in [3.05, 3.63) is 29.8 Å². The zero-order valence-corrected chi connectivity index (χ0v) is 13.4. The summed E-state index contributed by atoms with van der Waals surface area (Å²) in [6.45, 7) is 6.81. The van der Waals surface area contributed by atoms with Gasteiger partial charge in [0.15, 0.2) is 0 Å². The Hall–Kier alpha value is -1.55. The molecule has 22 heavy (non-hydrogen) atoms. The fourth-order valence-electron chi connectivity index (χ4n) is 4.08. The lowest BCUT2D eigenvalue weighted by molar-refractivity contribution is 0.100. The van der Waals surface area contributed by atoms with E-state index in [2.05, 4.69) is 11.8 Å². The van der Waals surface area contributed by atoms with Crippen LogP contribution in [0.3, 0.4) is 0 Å². The smallest absolute Gasteiger partial charge is 0.248 e. The summed E-state index contributed by atoms with van der Waals surface area (Å²) in [6.07, 6.45) is 5.27. The number of primary amides is 1. The van der Waals surface area contributed by atoms with Crippen molar-refractivity contribution in [2.75, 3.05) is 26.2 Å². The number of ether oxygens (including phenoxy) is 1. The van der Waals surface area contributed by atoms with E-state index in [4.69, 9.17) is 10.5 Å². The van der Waals surface area contributed by atoms with E-state index in [1.807, 2.05) is 0 Å². The quantitative estimate of drug-likeness (QED) is 0.822. The lowest BCUT2D eigenvalue weighted by atomic mass is 9.83. The van der Waals surface area contributed by atoms with Gasteiger partial charge in [-0.25, -0.2) is 0 Å². The van der Waals surface area contributed by atoms with Gasteiger partial charge in [0.05, 0.1) is 6.61 Å². The Morgan fingerprint density at radius 1 is 1.41 bits per heavy atom. The molecule has 2 unspecified atom stereocenters. The molecule has 2 N–H and O–H groups in total. The van der Waals surface area contributed by atoms with Crippen LogP contribution in [-0.2, 0) is 0 Å². The van der Waals surface area contributed by atoms with Gasteiger partial charge in [0.25, 0.3) is 0 Å². The zero-order valence-electron chi connectivity index (χ0n) is 13.4. The third-order valence-electron chi connectivity index (χ3n) is 5.38.